The summed E-state index contributed by atoms with van der Waals surface area (Å²) in [4.78, 5) is 0. The summed E-state index contributed by atoms with van der Waals surface area (Å²) >= 11 is 3.48. The quantitative estimate of drug-likeness (QED) is 0.806. The van der Waals surface area contributed by atoms with Crippen LogP contribution >= 0.6 is 15.9 Å². The number of halogens is 1. The maximum Gasteiger partial charge on any atom is 0.0431 e. The van der Waals surface area contributed by atoms with Crippen molar-refractivity contribution in [3.63, 3.8) is 0 Å². The lowest BCUT2D eigenvalue weighted by Crippen LogP contribution is -2.05. The Morgan fingerprint density at radius 1 is 1.20 bits per heavy atom. The molecule has 0 radical (unpaired) electrons. The van der Waals surface area contributed by atoms with Gasteiger partial charge in [0, 0.05) is 23.3 Å². The molecule has 1 aromatic carbocycles. The van der Waals surface area contributed by atoms with Gasteiger partial charge in [-0.2, -0.15) is 0 Å². The van der Waals surface area contributed by atoms with Crippen LogP contribution in [0.4, 0.5) is 5.69 Å². The van der Waals surface area contributed by atoms with Crippen LogP contribution in [0, 0.1) is 13.8 Å². The van der Waals surface area contributed by atoms with Crippen LogP contribution in [0.2, 0.25) is 0 Å². The summed E-state index contributed by atoms with van der Waals surface area (Å²) in [6.07, 6.45) is 1.87. The molecule has 1 rings (SSSR count). The van der Waals surface area contributed by atoms with Crippen molar-refractivity contribution in [1.82, 2.24) is 0 Å². The third kappa shape index (κ3) is 3.84. The molecule has 0 heterocycles. The first-order valence-corrected chi connectivity index (χ1v) is 6.06. The number of aliphatic hydroxyl groups is 1. The standard InChI is InChI=1S/C12H18BrNO/c1-9-7-11(13)8-10(2)12(9)14-5-3-4-6-15/h7-8,14-15H,3-6H2,1-2H3. The lowest BCUT2D eigenvalue weighted by molar-refractivity contribution is 0.286. The largest absolute Gasteiger partial charge is 0.396 e. The first kappa shape index (κ1) is 12.5. The molecule has 0 aliphatic carbocycles. The van der Waals surface area contributed by atoms with Crippen molar-refractivity contribution in [3.05, 3.63) is 27.7 Å². The van der Waals surface area contributed by atoms with Crippen LogP contribution in [0.3, 0.4) is 0 Å². The summed E-state index contributed by atoms with van der Waals surface area (Å²) in [6, 6.07) is 4.22. The Morgan fingerprint density at radius 3 is 2.33 bits per heavy atom. The molecule has 0 fully saturated rings. The Morgan fingerprint density at radius 2 is 1.80 bits per heavy atom. The van der Waals surface area contributed by atoms with E-state index in [9.17, 15) is 0 Å². The Bertz CT molecular complexity index is 302. The molecular formula is C12H18BrNO. The fourth-order valence-corrected chi connectivity index (χ4v) is 2.33. The summed E-state index contributed by atoms with van der Waals surface area (Å²) in [5.74, 6) is 0. The Balaban J connectivity index is 2.60. The van der Waals surface area contributed by atoms with Gasteiger partial charge < -0.3 is 10.4 Å². The minimum Gasteiger partial charge on any atom is -0.396 e. The number of hydrogen-bond donors (Lipinski definition) is 2. The second kappa shape index (κ2) is 6.13. The van der Waals surface area contributed by atoms with Gasteiger partial charge in [-0.15, -0.1) is 0 Å². The van der Waals surface area contributed by atoms with E-state index in [1.807, 2.05) is 0 Å². The Hall–Kier alpha value is -0.540. The third-order valence-corrected chi connectivity index (χ3v) is 2.84. The summed E-state index contributed by atoms with van der Waals surface area (Å²) < 4.78 is 1.12. The smallest absolute Gasteiger partial charge is 0.0431 e. The van der Waals surface area contributed by atoms with E-state index in [1.165, 1.54) is 16.8 Å². The van der Waals surface area contributed by atoms with Crippen LogP contribution in [0.15, 0.2) is 16.6 Å². The van der Waals surface area contributed by atoms with E-state index < -0.39 is 0 Å². The number of unbranched alkanes of at least 4 members (excludes halogenated alkanes) is 1. The molecule has 15 heavy (non-hydrogen) atoms. The van der Waals surface area contributed by atoms with Gasteiger partial charge in [0.25, 0.3) is 0 Å². The number of nitrogens with one attached hydrogen (secondary N) is 1. The number of hydrogen-bond acceptors (Lipinski definition) is 2. The third-order valence-electron chi connectivity index (χ3n) is 2.38. The first-order chi connectivity index (χ1) is 7.15. The normalized spacial score (nSPS) is 10.4. The number of aliphatic hydroxyl groups excluding tert-OH is 1. The highest BCUT2D eigenvalue weighted by molar-refractivity contribution is 9.10. The van der Waals surface area contributed by atoms with Crippen molar-refractivity contribution in [2.45, 2.75) is 26.7 Å². The van der Waals surface area contributed by atoms with Gasteiger partial charge in [-0.3, -0.25) is 0 Å². The van der Waals surface area contributed by atoms with E-state index in [2.05, 4.69) is 47.2 Å². The molecule has 0 amide bonds. The van der Waals surface area contributed by atoms with E-state index in [0.29, 0.717) is 0 Å². The molecule has 0 aromatic heterocycles. The molecule has 0 aliphatic rings. The summed E-state index contributed by atoms with van der Waals surface area (Å²) in [5, 5.41) is 12.1. The van der Waals surface area contributed by atoms with E-state index in [0.717, 1.165) is 23.9 Å². The highest BCUT2D eigenvalue weighted by Gasteiger charge is 2.02. The van der Waals surface area contributed by atoms with Crippen molar-refractivity contribution in [1.29, 1.82) is 0 Å². The molecule has 0 atom stereocenters. The van der Waals surface area contributed by atoms with Crippen LogP contribution < -0.4 is 5.32 Å². The van der Waals surface area contributed by atoms with E-state index in [1.54, 1.807) is 0 Å². The molecule has 84 valence electrons. The highest BCUT2D eigenvalue weighted by Crippen LogP contribution is 2.24. The molecular weight excluding hydrogens is 254 g/mol. The number of benzene rings is 1. The number of rotatable bonds is 5. The van der Waals surface area contributed by atoms with Gasteiger partial charge in [0.15, 0.2) is 0 Å². The highest BCUT2D eigenvalue weighted by atomic mass is 79.9. The molecule has 3 heteroatoms. The average Bonchev–Trinajstić information content (AvgIpc) is 2.15. The fraction of sp³-hybridized carbons (Fsp3) is 0.500. The Kier molecular flexibility index (Phi) is 5.12. The maximum atomic E-state index is 8.68. The molecule has 2 N–H and O–H groups in total. The summed E-state index contributed by atoms with van der Waals surface area (Å²) in [5.41, 5.74) is 3.73. The average molecular weight is 272 g/mol. The minimum atomic E-state index is 0.278. The zero-order chi connectivity index (χ0) is 11.3. The van der Waals surface area contributed by atoms with Gasteiger partial charge in [0.1, 0.15) is 0 Å². The second-order valence-electron chi connectivity index (χ2n) is 3.77. The number of aryl methyl sites for hydroxylation is 2. The zero-order valence-electron chi connectivity index (χ0n) is 9.31. The van der Waals surface area contributed by atoms with Crippen molar-refractivity contribution >= 4 is 21.6 Å². The van der Waals surface area contributed by atoms with Gasteiger partial charge in [0.05, 0.1) is 0 Å². The summed E-state index contributed by atoms with van der Waals surface area (Å²) in [6.45, 7) is 5.40. The van der Waals surface area contributed by atoms with E-state index in [4.69, 9.17) is 5.11 Å². The van der Waals surface area contributed by atoms with Gasteiger partial charge >= 0.3 is 0 Å². The molecule has 0 bridgehead atoms. The van der Waals surface area contributed by atoms with Crippen molar-refractivity contribution < 1.29 is 5.11 Å². The van der Waals surface area contributed by atoms with Crippen molar-refractivity contribution in [3.8, 4) is 0 Å². The predicted octanol–water partition coefficient (Wildman–Crippen LogP) is 3.25. The SMILES string of the molecule is Cc1cc(Br)cc(C)c1NCCCCO. The Labute approximate surface area is 99.8 Å². The molecule has 0 spiro atoms. The van der Waals surface area contributed by atoms with Gasteiger partial charge in [-0.25, -0.2) is 0 Å². The monoisotopic (exact) mass is 271 g/mol. The lowest BCUT2D eigenvalue weighted by Gasteiger charge is -2.13. The van der Waals surface area contributed by atoms with E-state index in [-0.39, 0.29) is 6.61 Å². The van der Waals surface area contributed by atoms with Crippen LogP contribution in [0.25, 0.3) is 0 Å². The van der Waals surface area contributed by atoms with Crippen LogP contribution in [-0.2, 0) is 0 Å². The van der Waals surface area contributed by atoms with Crippen LogP contribution in [0.1, 0.15) is 24.0 Å². The molecule has 0 aliphatic heterocycles. The van der Waals surface area contributed by atoms with Crippen LogP contribution in [-0.4, -0.2) is 18.3 Å². The van der Waals surface area contributed by atoms with Gasteiger partial charge in [-0.05, 0) is 49.9 Å². The molecule has 0 saturated carbocycles. The number of anilines is 1. The van der Waals surface area contributed by atoms with Crippen LogP contribution in [0.5, 0.6) is 0 Å². The van der Waals surface area contributed by atoms with E-state index >= 15 is 0 Å². The van der Waals surface area contributed by atoms with Crippen molar-refractivity contribution in [2.24, 2.45) is 0 Å². The van der Waals surface area contributed by atoms with Crippen molar-refractivity contribution in [2.75, 3.05) is 18.5 Å². The molecule has 2 nitrogen and oxygen atoms in total. The lowest BCUT2D eigenvalue weighted by atomic mass is 10.1. The topological polar surface area (TPSA) is 32.3 Å². The fourth-order valence-electron chi connectivity index (χ4n) is 1.64. The maximum absolute atomic E-state index is 8.68. The first-order valence-electron chi connectivity index (χ1n) is 5.26. The molecule has 0 saturated heterocycles. The molecule has 1 aromatic rings. The molecule has 0 unspecified atom stereocenters. The predicted molar refractivity (Wildman–Crippen MR) is 68.4 cm³/mol. The second-order valence-corrected chi connectivity index (χ2v) is 4.69. The van der Waals surface area contributed by atoms with Gasteiger partial charge in [0.2, 0.25) is 0 Å². The summed E-state index contributed by atoms with van der Waals surface area (Å²) in [7, 11) is 0. The minimum absolute atomic E-state index is 0.278. The van der Waals surface area contributed by atoms with Gasteiger partial charge in [-0.1, -0.05) is 15.9 Å². The zero-order valence-corrected chi connectivity index (χ0v) is 10.9.